The van der Waals surface area contributed by atoms with E-state index in [2.05, 4.69) is 28.2 Å². The van der Waals surface area contributed by atoms with Crippen molar-refractivity contribution in [2.45, 2.75) is 64.2 Å². The minimum atomic E-state index is -4.64. The quantitative estimate of drug-likeness (QED) is 0.613. The van der Waals surface area contributed by atoms with Gasteiger partial charge < -0.3 is 20.0 Å². The number of aromatic nitrogens is 1. The lowest BCUT2D eigenvalue weighted by Gasteiger charge is -2.37. The van der Waals surface area contributed by atoms with E-state index in [1.54, 1.807) is 0 Å². The molecule has 10 heteroatoms. The van der Waals surface area contributed by atoms with E-state index in [-0.39, 0.29) is 24.2 Å². The zero-order chi connectivity index (χ0) is 28.4. The van der Waals surface area contributed by atoms with Crippen LogP contribution in [-0.4, -0.2) is 76.3 Å². The molecule has 0 bridgehead atoms. The van der Waals surface area contributed by atoms with Gasteiger partial charge in [0.2, 0.25) is 5.91 Å². The van der Waals surface area contributed by atoms with Crippen molar-refractivity contribution in [1.29, 1.82) is 0 Å². The number of hydrogen-bond donors (Lipinski definition) is 1. The normalized spacial score (nSPS) is 20.4. The van der Waals surface area contributed by atoms with Crippen LogP contribution in [0.3, 0.4) is 0 Å². The van der Waals surface area contributed by atoms with Gasteiger partial charge in [-0.15, -0.1) is 0 Å². The van der Waals surface area contributed by atoms with Gasteiger partial charge in [0.1, 0.15) is 11.4 Å². The average Bonchev–Trinajstić information content (AvgIpc) is 3.43. The highest BCUT2D eigenvalue weighted by Crippen LogP contribution is 2.27. The summed E-state index contributed by atoms with van der Waals surface area (Å²) >= 11 is 0. The molecule has 2 aromatic rings. The van der Waals surface area contributed by atoms with Crippen molar-refractivity contribution >= 4 is 29.8 Å². The summed E-state index contributed by atoms with van der Waals surface area (Å²) in [4.78, 5) is 36.2. The van der Waals surface area contributed by atoms with Crippen molar-refractivity contribution in [3.05, 3.63) is 57.7 Å². The van der Waals surface area contributed by atoms with Gasteiger partial charge in [0.25, 0.3) is 5.91 Å². The first-order valence-corrected chi connectivity index (χ1v) is 14.0. The van der Waals surface area contributed by atoms with Crippen LogP contribution < -0.4 is 15.8 Å². The summed E-state index contributed by atoms with van der Waals surface area (Å²) < 4.78 is 39.2. The number of hydrogen-bond acceptors (Lipinski definition) is 5. The molecule has 1 aromatic carbocycles. The van der Waals surface area contributed by atoms with E-state index in [0.29, 0.717) is 11.7 Å². The number of benzene rings is 1. The molecule has 1 aromatic heterocycles. The highest BCUT2D eigenvalue weighted by atomic mass is 19.4. The molecule has 4 heterocycles. The summed E-state index contributed by atoms with van der Waals surface area (Å²) in [5, 5.41) is 4.54. The Labute approximate surface area is 232 Å². The lowest BCUT2D eigenvalue weighted by molar-refractivity contribution is -0.141. The summed E-state index contributed by atoms with van der Waals surface area (Å²) in [6.45, 7) is 8.10. The van der Waals surface area contributed by atoms with Gasteiger partial charge in [-0.05, 0) is 99.3 Å². The summed E-state index contributed by atoms with van der Waals surface area (Å²) in [5.41, 5.74) is -0.162. The molecule has 1 unspecified atom stereocenters. The lowest BCUT2D eigenvalue weighted by Crippen LogP contribution is -2.49. The van der Waals surface area contributed by atoms with E-state index in [1.165, 1.54) is 38.1 Å². The molecule has 0 aliphatic carbocycles. The van der Waals surface area contributed by atoms with Gasteiger partial charge in [0.05, 0.1) is 6.54 Å². The Kier molecular flexibility index (Phi) is 8.16. The third-order valence-corrected chi connectivity index (χ3v) is 8.29. The number of aryl methyl sites for hydroxylation is 1. The van der Waals surface area contributed by atoms with Crippen molar-refractivity contribution in [2.75, 3.05) is 38.0 Å². The first-order valence-electron chi connectivity index (χ1n) is 14.0. The minimum absolute atomic E-state index is 0.103. The topological polar surface area (TPSA) is 68.8 Å². The van der Waals surface area contributed by atoms with Crippen LogP contribution in [0.1, 0.15) is 60.8 Å². The SMILES string of the molecule is Cc1cc2c(cc1NC(=O)c1cccc(C(F)(F)F)n1)=CN(CC(=O)N1CCC(N3CCCC3)CC1)C(C)CC=2. The Morgan fingerprint density at radius 3 is 2.48 bits per heavy atom. The Hall–Kier alpha value is -3.40. The van der Waals surface area contributed by atoms with Crippen molar-refractivity contribution in [3.8, 4) is 0 Å². The van der Waals surface area contributed by atoms with Crippen molar-refractivity contribution in [2.24, 2.45) is 0 Å². The summed E-state index contributed by atoms with van der Waals surface area (Å²) in [7, 11) is 0. The summed E-state index contributed by atoms with van der Waals surface area (Å²) in [6.07, 6.45) is 4.77. The van der Waals surface area contributed by atoms with Crippen LogP contribution in [0.15, 0.2) is 30.3 Å². The van der Waals surface area contributed by atoms with Gasteiger partial charge in [-0.3, -0.25) is 9.59 Å². The van der Waals surface area contributed by atoms with E-state index in [1.807, 2.05) is 35.1 Å². The molecule has 7 nitrogen and oxygen atoms in total. The summed E-state index contributed by atoms with van der Waals surface area (Å²) in [6, 6.07) is 7.70. The van der Waals surface area contributed by atoms with E-state index in [0.717, 1.165) is 54.4 Å². The molecule has 3 aliphatic heterocycles. The monoisotopic (exact) mass is 555 g/mol. The molecule has 5 rings (SSSR count). The maximum absolute atomic E-state index is 13.3. The molecule has 3 aliphatic rings. The highest BCUT2D eigenvalue weighted by molar-refractivity contribution is 6.03. The van der Waals surface area contributed by atoms with Gasteiger partial charge in [-0.25, -0.2) is 4.98 Å². The number of piperidine rings is 1. The molecular weight excluding hydrogens is 519 g/mol. The maximum atomic E-state index is 13.3. The van der Waals surface area contributed by atoms with Gasteiger partial charge in [-0.2, -0.15) is 13.2 Å². The van der Waals surface area contributed by atoms with E-state index < -0.39 is 17.8 Å². The Bertz CT molecular complexity index is 1380. The predicted molar refractivity (Wildman–Crippen MR) is 148 cm³/mol. The summed E-state index contributed by atoms with van der Waals surface area (Å²) in [5.74, 6) is -0.604. The van der Waals surface area contributed by atoms with Crippen molar-refractivity contribution < 1.29 is 22.8 Å². The highest BCUT2D eigenvalue weighted by Gasteiger charge is 2.33. The van der Waals surface area contributed by atoms with Crippen molar-refractivity contribution in [3.63, 3.8) is 0 Å². The number of alkyl halides is 3. The van der Waals surface area contributed by atoms with Crippen LogP contribution in [0, 0.1) is 6.92 Å². The fraction of sp³-hybridized carbons (Fsp3) is 0.500. The van der Waals surface area contributed by atoms with Crippen LogP contribution in [0.25, 0.3) is 12.3 Å². The third kappa shape index (κ3) is 6.32. The van der Waals surface area contributed by atoms with E-state index in [4.69, 9.17) is 0 Å². The molecule has 0 spiro atoms. The second-order valence-corrected chi connectivity index (χ2v) is 11.1. The number of pyridine rings is 1. The molecule has 2 amide bonds. The van der Waals surface area contributed by atoms with Crippen molar-refractivity contribution in [1.82, 2.24) is 19.7 Å². The average molecular weight is 556 g/mol. The predicted octanol–water partition coefficient (Wildman–Crippen LogP) is 3.36. The van der Waals surface area contributed by atoms with Crippen LogP contribution >= 0.6 is 0 Å². The number of carbonyl (C=O) groups excluding carboxylic acids is 2. The zero-order valence-corrected chi connectivity index (χ0v) is 23.0. The number of anilines is 1. The van der Waals surface area contributed by atoms with E-state index in [9.17, 15) is 22.8 Å². The minimum Gasteiger partial charge on any atom is -0.365 e. The standard InChI is InChI=1S/C30H36F3N5O2/c1-20-16-22-9-8-21(2)38(19-28(39)37-14-10-24(11-15-37)36-12-3-4-13-36)18-23(22)17-26(20)35-29(40)25-6-5-7-27(34-25)30(31,32)33/h5-7,9,16-18,21,24H,3-4,8,10-15,19H2,1-2H3,(H,35,40). The Morgan fingerprint density at radius 2 is 1.77 bits per heavy atom. The molecule has 40 heavy (non-hydrogen) atoms. The van der Waals surface area contributed by atoms with Crippen LogP contribution in [0.2, 0.25) is 0 Å². The number of likely N-dealkylation sites (tertiary alicyclic amines) is 2. The van der Waals surface area contributed by atoms with Gasteiger partial charge >= 0.3 is 6.18 Å². The van der Waals surface area contributed by atoms with Crippen LogP contribution in [0.4, 0.5) is 18.9 Å². The number of nitrogens with zero attached hydrogens (tertiary/aromatic N) is 4. The van der Waals surface area contributed by atoms with Crippen LogP contribution in [0.5, 0.6) is 0 Å². The fourth-order valence-electron chi connectivity index (χ4n) is 5.86. The second kappa shape index (κ2) is 11.6. The van der Waals surface area contributed by atoms with Gasteiger partial charge in [0, 0.05) is 37.1 Å². The molecule has 214 valence electrons. The van der Waals surface area contributed by atoms with E-state index >= 15 is 0 Å². The first kappa shape index (κ1) is 28.1. The van der Waals surface area contributed by atoms with Crippen LogP contribution in [-0.2, 0) is 11.0 Å². The lowest BCUT2D eigenvalue weighted by atomic mass is 10.0. The fourth-order valence-corrected chi connectivity index (χ4v) is 5.86. The molecule has 1 N–H and O–H groups in total. The number of rotatable bonds is 5. The smallest absolute Gasteiger partial charge is 0.365 e. The molecule has 0 saturated carbocycles. The molecule has 2 fully saturated rings. The van der Waals surface area contributed by atoms with Gasteiger partial charge in [-0.1, -0.05) is 12.1 Å². The number of amides is 2. The second-order valence-electron chi connectivity index (χ2n) is 11.1. The Balaban J connectivity index is 1.30. The zero-order valence-electron chi connectivity index (χ0n) is 23.0. The molecule has 1 atom stereocenters. The number of fused-ring (bicyclic) bond motifs is 1. The number of carbonyl (C=O) groups is 2. The largest absolute Gasteiger partial charge is 0.433 e. The molecule has 0 radical (unpaired) electrons. The third-order valence-electron chi connectivity index (χ3n) is 8.29. The molecule has 2 saturated heterocycles. The van der Waals surface area contributed by atoms with Gasteiger partial charge in [0.15, 0.2) is 0 Å². The maximum Gasteiger partial charge on any atom is 0.433 e. The number of nitrogens with one attached hydrogen (secondary N) is 1. The first-order chi connectivity index (χ1) is 19.1. The molecular formula is C30H36F3N5O2. The Morgan fingerprint density at radius 1 is 1.05 bits per heavy atom. The number of halogens is 3.